The quantitative estimate of drug-likeness (QED) is 0.701. The van der Waals surface area contributed by atoms with Gasteiger partial charge in [-0.1, -0.05) is 12.1 Å². The van der Waals surface area contributed by atoms with Crippen molar-refractivity contribution in [2.45, 2.75) is 26.3 Å². The molecule has 80 valence electrons. The number of H-pyrrole nitrogens is 1. The van der Waals surface area contributed by atoms with Crippen LogP contribution in [0.2, 0.25) is 0 Å². The van der Waals surface area contributed by atoms with E-state index in [1.54, 1.807) is 13.8 Å². The largest absolute Gasteiger partial charge is 0.212 e. The molecule has 0 aromatic carbocycles. The Kier molecular flexibility index (Phi) is 3.53. The summed E-state index contributed by atoms with van der Waals surface area (Å²) in [7, 11) is -3.23. The van der Waals surface area contributed by atoms with Crippen molar-refractivity contribution in [2.24, 2.45) is 0 Å². The zero-order valence-corrected chi connectivity index (χ0v) is 8.87. The van der Waals surface area contributed by atoms with E-state index in [4.69, 9.17) is 0 Å². The second-order valence-electron chi connectivity index (χ2n) is 2.93. The zero-order valence-electron chi connectivity index (χ0n) is 8.06. The monoisotopic (exact) mass is 219 g/mol. The number of sulfonamides is 1. The lowest BCUT2D eigenvalue weighted by atomic mass is 10.4. The number of nitrogens with zero attached hydrogens (tertiary/aromatic N) is 3. The molecule has 1 aromatic rings. The van der Waals surface area contributed by atoms with E-state index < -0.39 is 16.1 Å². The highest BCUT2D eigenvalue weighted by molar-refractivity contribution is 7.89. The minimum atomic E-state index is -3.23. The SMILES string of the molecule is CCCS(=O)(=O)NC(C)c1nn[nH]n1. The van der Waals surface area contributed by atoms with Gasteiger partial charge in [0, 0.05) is 0 Å². The number of hydrogen-bond acceptors (Lipinski definition) is 5. The van der Waals surface area contributed by atoms with Gasteiger partial charge in [0.15, 0.2) is 5.82 Å². The molecule has 0 bridgehead atoms. The third-order valence-corrected chi connectivity index (χ3v) is 3.24. The Labute approximate surface area is 82.3 Å². The standard InChI is InChI=1S/C6H13N5O2S/c1-3-4-14(12,13)9-5(2)6-7-10-11-8-6/h5,9H,3-4H2,1-2H3,(H,7,8,10,11). The van der Waals surface area contributed by atoms with E-state index in [0.29, 0.717) is 12.2 Å². The molecular formula is C6H13N5O2S. The summed E-state index contributed by atoms with van der Waals surface area (Å²) in [6.07, 6.45) is 0.578. The average molecular weight is 219 g/mol. The van der Waals surface area contributed by atoms with Crippen LogP contribution in [0.5, 0.6) is 0 Å². The molecule has 0 saturated carbocycles. The van der Waals surface area contributed by atoms with Gasteiger partial charge in [-0.15, -0.1) is 10.2 Å². The van der Waals surface area contributed by atoms with Crippen LogP contribution in [0, 0.1) is 0 Å². The number of aromatic nitrogens is 4. The van der Waals surface area contributed by atoms with Gasteiger partial charge in [-0.3, -0.25) is 0 Å². The van der Waals surface area contributed by atoms with Crippen LogP contribution in [-0.2, 0) is 10.0 Å². The molecule has 0 fully saturated rings. The number of hydrogen-bond donors (Lipinski definition) is 2. The van der Waals surface area contributed by atoms with Crippen molar-refractivity contribution >= 4 is 10.0 Å². The Morgan fingerprint density at radius 2 is 2.29 bits per heavy atom. The molecule has 0 spiro atoms. The van der Waals surface area contributed by atoms with Gasteiger partial charge < -0.3 is 0 Å². The van der Waals surface area contributed by atoms with Crippen molar-refractivity contribution in [3.05, 3.63) is 5.82 Å². The smallest absolute Gasteiger partial charge is 0.212 e. The van der Waals surface area contributed by atoms with E-state index in [1.807, 2.05) is 0 Å². The molecule has 14 heavy (non-hydrogen) atoms. The van der Waals surface area contributed by atoms with Crippen LogP contribution >= 0.6 is 0 Å². The topological polar surface area (TPSA) is 101 Å². The number of nitrogens with one attached hydrogen (secondary N) is 2. The molecular weight excluding hydrogens is 206 g/mol. The molecule has 1 aromatic heterocycles. The lowest BCUT2D eigenvalue weighted by Crippen LogP contribution is -2.29. The summed E-state index contributed by atoms with van der Waals surface area (Å²) >= 11 is 0. The summed E-state index contributed by atoms with van der Waals surface area (Å²) in [4.78, 5) is 0. The van der Waals surface area contributed by atoms with Crippen molar-refractivity contribution < 1.29 is 8.42 Å². The van der Waals surface area contributed by atoms with Crippen LogP contribution in [0.15, 0.2) is 0 Å². The van der Waals surface area contributed by atoms with Crippen LogP contribution < -0.4 is 4.72 Å². The zero-order chi connectivity index (χ0) is 10.6. The summed E-state index contributed by atoms with van der Waals surface area (Å²) in [5.74, 6) is 0.444. The Hall–Kier alpha value is -1.02. The fraction of sp³-hybridized carbons (Fsp3) is 0.833. The summed E-state index contributed by atoms with van der Waals surface area (Å²) in [5.41, 5.74) is 0. The number of aromatic amines is 1. The predicted octanol–water partition coefficient (Wildman–Crippen LogP) is -0.410. The molecule has 1 heterocycles. The Bertz CT molecular complexity index is 360. The van der Waals surface area contributed by atoms with Gasteiger partial charge in [-0.25, -0.2) is 13.1 Å². The second-order valence-corrected chi connectivity index (χ2v) is 4.80. The molecule has 0 saturated heterocycles. The first-order valence-electron chi connectivity index (χ1n) is 4.28. The maximum Gasteiger partial charge on any atom is 0.212 e. The third kappa shape index (κ3) is 3.04. The van der Waals surface area contributed by atoms with Gasteiger partial charge in [0.1, 0.15) is 0 Å². The van der Waals surface area contributed by atoms with Crippen LogP contribution in [0.1, 0.15) is 32.1 Å². The summed E-state index contributed by atoms with van der Waals surface area (Å²) in [5, 5.41) is 13.0. The van der Waals surface area contributed by atoms with Crippen molar-refractivity contribution in [3.8, 4) is 0 Å². The fourth-order valence-electron chi connectivity index (χ4n) is 1.00. The maximum absolute atomic E-state index is 11.3. The fourth-order valence-corrected chi connectivity index (χ4v) is 2.30. The minimum Gasteiger partial charge on any atom is -0.212 e. The van der Waals surface area contributed by atoms with Gasteiger partial charge in [-0.2, -0.15) is 5.21 Å². The highest BCUT2D eigenvalue weighted by Crippen LogP contribution is 2.05. The van der Waals surface area contributed by atoms with Crippen LogP contribution in [0.25, 0.3) is 0 Å². The Morgan fingerprint density at radius 3 is 2.79 bits per heavy atom. The van der Waals surface area contributed by atoms with Gasteiger partial charge in [0.05, 0.1) is 11.8 Å². The minimum absolute atomic E-state index is 0.106. The summed E-state index contributed by atoms with van der Waals surface area (Å²) < 4.78 is 25.1. The predicted molar refractivity (Wildman–Crippen MR) is 49.8 cm³/mol. The molecule has 1 rings (SSSR count). The van der Waals surface area contributed by atoms with Crippen molar-refractivity contribution in [1.29, 1.82) is 0 Å². The van der Waals surface area contributed by atoms with Gasteiger partial charge in [0.25, 0.3) is 0 Å². The number of rotatable bonds is 5. The first-order valence-corrected chi connectivity index (χ1v) is 5.93. The van der Waals surface area contributed by atoms with E-state index in [9.17, 15) is 8.42 Å². The van der Waals surface area contributed by atoms with E-state index in [0.717, 1.165) is 0 Å². The third-order valence-electron chi connectivity index (χ3n) is 1.58. The van der Waals surface area contributed by atoms with E-state index in [1.165, 1.54) is 0 Å². The molecule has 0 aliphatic heterocycles. The molecule has 0 aliphatic carbocycles. The summed E-state index contributed by atoms with van der Waals surface area (Å²) in [6, 6.07) is -0.453. The maximum atomic E-state index is 11.3. The molecule has 0 amide bonds. The molecule has 0 aliphatic rings. The molecule has 2 N–H and O–H groups in total. The van der Waals surface area contributed by atoms with Crippen molar-refractivity contribution in [3.63, 3.8) is 0 Å². The van der Waals surface area contributed by atoms with E-state index >= 15 is 0 Å². The Morgan fingerprint density at radius 1 is 1.57 bits per heavy atom. The number of tetrazole rings is 1. The van der Waals surface area contributed by atoms with E-state index in [-0.39, 0.29) is 5.75 Å². The van der Waals surface area contributed by atoms with Crippen LogP contribution in [-0.4, -0.2) is 34.8 Å². The molecule has 1 unspecified atom stereocenters. The van der Waals surface area contributed by atoms with Crippen molar-refractivity contribution in [2.75, 3.05) is 5.75 Å². The normalized spacial score (nSPS) is 14.1. The molecule has 7 nitrogen and oxygen atoms in total. The van der Waals surface area contributed by atoms with Gasteiger partial charge in [0.2, 0.25) is 10.0 Å². The summed E-state index contributed by atoms with van der Waals surface area (Å²) in [6.45, 7) is 3.47. The van der Waals surface area contributed by atoms with E-state index in [2.05, 4.69) is 25.3 Å². The molecule has 8 heteroatoms. The average Bonchev–Trinajstić information content (AvgIpc) is 2.53. The molecule has 1 atom stereocenters. The van der Waals surface area contributed by atoms with Gasteiger partial charge >= 0.3 is 0 Å². The first-order chi connectivity index (χ1) is 6.55. The van der Waals surface area contributed by atoms with Gasteiger partial charge in [-0.05, 0) is 13.3 Å². The van der Waals surface area contributed by atoms with Crippen LogP contribution in [0.3, 0.4) is 0 Å². The van der Waals surface area contributed by atoms with Crippen LogP contribution in [0.4, 0.5) is 0 Å². The lowest BCUT2D eigenvalue weighted by Gasteiger charge is -2.09. The first kappa shape index (κ1) is 11.1. The molecule has 0 radical (unpaired) electrons. The lowest BCUT2D eigenvalue weighted by molar-refractivity contribution is 0.559. The second kappa shape index (κ2) is 4.47. The highest BCUT2D eigenvalue weighted by Gasteiger charge is 2.17. The van der Waals surface area contributed by atoms with Crippen molar-refractivity contribution in [1.82, 2.24) is 25.3 Å². The Balaban J connectivity index is 2.61. The highest BCUT2D eigenvalue weighted by atomic mass is 32.2.